The minimum absolute atomic E-state index is 0.00278. The van der Waals surface area contributed by atoms with Crippen molar-refractivity contribution >= 4 is 11.8 Å². The topological polar surface area (TPSA) is 58.2 Å². The molecule has 1 saturated heterocycles. The molecule has 1 aliphatic rings. The smallest absolute Gasteiger partial charge is 0.242 e. The van der Waals surface area contributed by atoms with Crippen molar-refractivity contribution in [1.29, 1.82) is 0 Å². The number of amides is 2. The summed E-state index contributed by atoms with van der Waals surface area (Å²) in [5.41, 5.74) is 0. The fourth-order valence-corrected chi connectivity index (χ4v) is 2.29. The molecule has 0 aromatic rings. The van der Waals surface area contributed by atoms with E-state index in [-0.39, 0.29) is 23.9 Å². The highest BCUT2D eigenvalue weighted by Gasteiger charge is 2.25. The lowest BCUT2D eigenvalue weighted by molar-refractivity contribution is -0.131. The molecule has 1 fully saturated rings. The maximum Gasteiger partial charge on any atom is 0.242 e. The van der Waals surface area contributed by atoms with E-state index in [1.165, 1.54) is 19.3 Å². The fraction of sp³-hybridized carbons (Fsp3) is 0.857. The van der Waals surface area contributed by atoms with Gasteiger partial charge in [-0.3, -0.25) is 9.59 Å². The zero-order chi connectivity index (χ0) is 13.4. The van der Waals surface area contributed by atoms with E-state index >= 15 is 0 Å². The van der Waals surface area contributed by atoms with Gasteiger partial charge in [0.05, 0.1) is 0 Å². The predicted molar refractivity (Wildman–Crippen MR) is 72.1 cm³/mol. The second kappa shape index (κ2) is 8.11. The molecule has 2 atom stereocenters. The molecule has 1 aliphatic heterocycles. The summed E-state index contributed by atoms with van der Waals surface area (Å²) in [6.07, 6.45) is 8.04. The van der Waals surface area contributed by atoms with Crippen molar-refractivity contribution in [2.24, 2.45) is 0 Å². The highest BCUT2D eigenvalue weighted by atomic mass is 16.2. The van der Waals surface area contributed by atoms with Crippen LogP contribution in [0, 0.1) is 0 Å². The van der Waals surface area contributed by atoms with Gasteiger partial charge in [0.25, 0.3) is 0 Å². The Bertz CT molecular complexity index is 279. The van der Waals surface area contributed by atoms with Crippen LogP contribution < -0.4 is 10.6 Å². The van der Waals surface area contributed by atoms with Gasteiger partial charge in [-0.05, 0) is 26.2 Å². The minimum Gasteiger partial charge on any atom is -0.352 e. The molecule has 18 heavy (non-hydrogen) atoms. The van der Waals surface area contributed by atoms with Crippen molar-refractivity contribution < 1.29 is 9.59 Å². The van der Waals surface area contributed by atoms with E-state index < -0.39 is 0 Å². The molecule has 0 spiro atoms. The molecule has 0 unspecified atom stereocenters. The van der Waals surface area contributed by atoms with Gasteiger partial charge in [0.2, 0.25) is 11.8 Å². The number of piperidine rings is 1. The van der Waals surface area contributed by atoms with E-state index in [9.17, 15) is 9.59 Å². The number of unbranched alkanes of at least 4 members (excludes halogenated alkanes) is 3. The van der Waals surface area contributed by atoms with E-state index in [2.05, 4.69) is 17.6 Å². The maximum absolute atomic E-state index is 11.9. The molecule has 0 aliphatic carbocycles. The summed E-state index contributed by atoms with van der Waals surface area (Å²) in [5, 5.41) is 5.74. The number of hydrogen-bond donors (Lipinski definition) is 2. The average molecular weight is 254 g/mol. The molecule has 0 aromatic heterocycles. The third-order valence-electron chi connectivity index (χ3n) is 3.43. The first-order valence-corrected chi connectivity index (χ1v) is 7.23. The van der Waals surface area contributed by atoms with Crippen molar-refractivity contribution in [3.05, 3.63) is 0 Å². The second-order valence-corrected chi connectivity index (χ2v) is 5.27. The number of hydrogen-bond acceptors (Lipinski definition) is 2. The van der Waals surface area contributed by atoms with E-state index in [0.717, 1.165) is 25.7 Å². The lowest BCUT2D eigenvalue weighted by Gasteiger charge is -2.24. The Hall–Kier alpha value is -1.06. The predicted octanol–water partition coefficient (Wildman–Crippen LogP) is 2.13. The molecule has 2 N–H and O–H groups in total. The third kappa shape index (κ3) is 5.52. The molecule has 0 saturated carbocycles. The Balaban J connectivity index is 2.19. The Kier molecular flexibility index (Phi) is 6.76. The van der Waals surface area contributed by atoms with Crippen molar-refractivity contribution in [3.8, 4) is 0 Å². The van der Waals surface area contributed by atoms with Crippen LogP contribution in [0.4, 0.5) is 0 Å². The summed E-state index contributed by atoms with van der Waals surface area (Å²) in [4.78, 5) is 23.1. The van der Waals surface area contributed by atoms with Gasteiger partial charge in [-0.15, -0.1) is 0 Å². The largest absolute Gasteiger partial charge is 0.352 e. The zero-order valence-electron chi connectivity index (χ0n) is 11.6. The van der Waals surface area contributed by atoms with Gasteiger partial charge < -0.3 is 10.6 Å². The van der Waals surface area contributed by atoms with Crippen LogP contribution in [-0.2, 0) is 9.59 Å². The van der Waals surface area contributed by atoms with Crippen LogP contribution >= 0.6 is 0 Å². The van der Waals surface area contributed by atoms with Crippen molar-refractivity contribution in [1.82, 2.24) is 10.6 Å². The normalized spacial score (nSPS) is 21.2. The van der Waals surface area contributed by atoms with E-state index in [1.54, 1.807) is 0 Å². The van der Waals surface area contributed by atoms with Gasteiger partial charge in [-0.2, -0.15) is 0 Å². The Morgan fingerprint density at radius 3 is 2.89 bits per heavy atom. The zero-order valence-corrected chi connectivity index (χ0v) is 11.6. The summed E-state index contributed by atoms with van der Waals surface area (Å²) in [7, 11) is 0. The van der Waals surface area contributed by atoms with Crippen LogP contribution in [0.1, 0.15) is 65.2 Å². The summed E-state index contributed by atoms with van der Waals surface area (Å²) in [6, 6.07) is -0.113. The summed E-state index contributed by atoms with van der Waals surface area (Å²) in [5.74, 6) is -0.0250. The van der Waals surface area contributed by atoms with Crippen LogP contribution in [0.15, 0.2) is 0 Å². The maximum atomic E-state index is 11.9. The van der Waals surface area contributed by atoms with Gasteiger partial charge in [0.15, 0.2) is 0 Å². The van der Waals surface area contributed by atoms with E-state index in [0.29, 0.717) is 6.42 Å². The molecule has 1 heterocycles. The average Bonchev–Trinajstić information content (AvgIpc) is 2.34. The number of carbonyl (C=O) groups is 2. The van der Waals surface area contributed by atoms with Gasteiger partial charge in [-0.25, -0.2) is 0 Å². The minimum atomic E-state index is -0.315. The first-order valence-electron chi connectivity index (χ1n) is 7.23. The molecular formula is C14H26N2O2. The molecule has 4 heteroatoms. The van der Waals surface area contributed by atoms with Crippen molar-refractivity contribution in [3.63, 3.8) is 0 Å². The van der Waals surface area contributed by atoms with Crippen LogP contribution in [0.25, 0.3) is 0 Å². The molecule has 2 amide bonds. The van der Waals surface area contributed by atoms with Crippen LogP contribution in [0.2, 0.25) is 0 Å². The van der Waals surface area contributed by atoms with Crippen LogP contribution in [0.3, 0.4) is 0 Å². The fourth-order valence-electron chi connectivity index (χ4n) is 2.29. The van der Waals surface area contributed by atoms with E-state index in [4.69, 9.17) is 0 Å². The van der Waals surface area contributed by atoms with Crippen molar-refractivity contribution in [2.75, 3.05) is 0 Å². The summed E-state index contributed by atoms with van der Waals surface area (Å²) in [6.45, 7) is 4.23. The summed E-state index contributed by atoms with van der Waals surface area (Å²) < 4.78 is 0. The van der Waals surface area contributed by atoms with Gasteiger partial charge in [0.1, 0.15) is 6.04 Å². The molecular weight excluding hydrogens is 228 g/mol. The Morgan fingerprint density at radius 2 is 2.22 bits per heavy atom. The van der Waals surface area contributed by atoms with Gasteiger partial charge in [0, 0.05) is 12.5 Å². The number of carbonyl (C=O) groups excluding carboxylic acids is 2. The van der Waals surface area contributed by atoms with Crippen molar-refractivity contribution in [2.45, 2.75) is 77.3 Å². The molecule has 0 aromatic carbocycles. The van der Waals surface area contributed by atoms with E-state index in [1.807, 2.05) is 6.92 Å². The lowest BCUT2D eigenvalue weighted by atomic mass is 10.0. The Morgan fingerprint density at radius 1 is 1.44 bits per heavy atom. The monoisotopic (exact) mass is 254 g/mol. The first kappa shape index (κ1) is 15.0. The first-order chi connectivity index (χ1) is 8.63. The molecule has 0 radical (unpaired) electrons. The molecule has 1 rings (SSSR count). The molecule has 4 nitrogen and oxygen atoms in total. The quantitative estimate of drug-likeness (QED) is 0.684. The standard InChI is InChI=1S/C14H26N2O2/c1-3-4-5-6-8-11(2)15-14(18)12-9-7-10-13(17)16-12/h11-12H,3-10H2,1-2H3,(H,15,18)(H,16,17)/t11-,12-/m1/s1. The van der Waals surface area contributed by atoms with Gasteiger partial charge in [-0.1, -0.05) is 32.6 Å². The Labute approximate surface area is 110 Å². The number of nitrogens with one attached hydrogen (secondary N) is 2. The van der Waals surface area contributed by atoms with Crippen LogP contribution in [0.5, 0.6) is 0 Å². The lowest BCUT2D eigenvalue weighted by Crippen LogP contribution is -2.50. The van der Waals surface area contributed by atoms with Crippen LogP contribution in [-0.4, -0.2) is 23.9 Å². The van der Waals surface area contributed by atoms with Gasteiger partial charge >= 0.3 is 0 Å². The second-order valence-electron chi connectivity index (χ2n) is 5.27. The molecule has 0 bridgehead atoms. The highest BCUT2D eigenvalue weighted by Crippen LogP contribution is 2.09. The third-order valence-corrected chi connectivity index (χ3v) is 3.43. The number of rotatable bonds is 7. The molecule has 104 valence electrons. The summed E-state index contributed by atoms with van der Waals surface area (Å²) >= 11 is 0. The highest BCUT2D eigenvalue weighted by molar-refractivity contribution is 5.88. The SMILES string of the molecule is CCCCCC[C@@H](C)NC(=O)[C@H]1CCCC(=O)N1.